The molecule has 0 atom stereocenters. The van der Waals surface area contributed by atoms with Crippen molar-refractivity contribution in [1.29, 1.82) is 0 Å². The Morgan fingerprint density at radius 1 is 0.846 bits per heavy atom. The second-order valence-electron chi connectivity index (χ2n) is 8.65. The molecule has 0 saturated heterocycles. The van der Waals surface area contributed by atoms with Crippen molar-refractivity contribution in [2.24, 2.45) is 0 Å². The predicted octanol–water partition coefficient (Wildman–Crippen LogP) is 6.97. The van der Waals surface area contributed by atoms with E-state index in [9.17, 15) is 9.59 Å². The molecule has 200 valence electrons. The molecule has 2 amide bonds. The number of aromatic nitrogens is 2. The first-order valence-electron chi connectivity index (χ1n) is 11.9. The molecule has 0 saturated carbocycles. The molecular weight excluding hydrogens is 584 g/mol. The highest BCUT2D eigenvalue weighted by atomic mass is 79.9. The quantitative estimate of drug-likeness (QED) is 0.209. The number of methoxy groups -OCH3 is 2. The number of halogens is 2. The average molecular weight is 610 g/mol. The Bertz CT molecular complexity index is 1520. The molecule has 4 aromatic rings. The SMILES string of the molecule is COC(OC)c1ccc(C(=O)Nc2cccc(-c3cccc(NC(=O)c4cc(C)c(Br)cn4)c3C)c2Cl)nc1. The Morgan fingerprint density at radius 2 is 1.46 bits per heavy atom. The standard InChI is InChI=1S/C29H26BrClN4O4/c1-16-13-25(33-15-21(16)30)28(37)34-22-9-5-7-19(17(22)2)20-8-6-10-23(26(20)31)35-27(36)24-12-11-18(14-32-24)29(38-3)39-4/h5-15,29H,1-4H3,(H,34,37)(H,35,36). The van der Waals surface area contributed by atoms with Gasteiger partial charge in [0.1, 0.15) is 11.4 Å². The van der Waals surface area contributed by atoms with Crippen LogP contribution in [-0.4, -0.2) is 36.0 Å². The van der Waals surface area contributed by atoms with Crippen molar-refractivity contribution in [3.05, 3.63) is 105 Å². The number of nitrogens with zero attached hydrogens (tertiary/aromatic N) is 2. The van der Waals surface area contributed by atoms with Crippen LogP contribution in [0.3, 0.4) is 0 Å². The van der Waals surface area contributed by atoms with Crippen LogP contribution in [-0.2, 0) is 9.47 Å². The lowest BCUT2D eigenvalue weighted by Crippen LogP contribution is -2.15. The van der Waals surface area contributed by atoms with Gasteiger partial charge in [0, 0.05) is 47.9 Å². The molecule has 0 unspecified atom stereocenters. The fourth-order valence-corrected chi connectivity index (χ4v) is 4.47. The van der Waals surface area contributed by atoms with Crippen LogP contribution in [0.5, 0.6) is 0 Å². The highest BCUT2D eigenvalue weighted by molar-refractivity contribution is 9.10. The van der Waals surface area contributed by atoms with E-state index in [1.54, 1.807) is 36.5 Å². The number of carbonyl (C=O) groups is 2. The molecular formula is C29H26BrClN4O4. The summed E-state index contributed by atoms with van der Waals surface area (Å²) in [6.45, 7) is 3.79. The summed E-state index contributed by atoms with van der Waals surface area (Å²) in [6, 6.07) is 15.9. The summed E-state index contributed by atoms with van der Waals surface area (Å²) >= 11 is 10.2. The van der Waals surface area contributed by atoms with Gasteiger partial charge in [-0.2, -0.15) is 0 Å². The fourth-order valence-electron chi connectivity index (χ4n) is 3.98. The lowest BCUT2D eigenvalue weighted by Gasteiger charge is -2.16. The maximum absolute atomic E-state index is 12.9. The highest BCUT2D eigenvalue weighted by Gasteiger charge is 2.17. The van der Waals surface area contributed by atoms with Gasteiger partial charge in [0.15, 0.2) is 6.29 Å². The molecule has 8 nitrogen and oxygen atoms in total. The van der Waals surface area contributed by atoms with Gasteiger partial charge in [0.25, 0.3) is 11.8 Å². The summed E-state index contributed by atoms with van der Waals surface area (Å²) in [5.74, 6) is -0.735. The summed E-state index contributed by atoms with van der Waals surface area (Å²) < 4.78 is 11.3. The lowest BCUT2D eigenvalue weighted by atomic mass is 9.98. The Balaban J connectivity index is 1.56. The molecule has 0 aliphatic heterocycles. The molecule has 39 heavy (non-hydrogen) atoms. The number of benzene rings is 2. The number of hydrogen-bond donors (Lipinski definition) is 2. The van der Waals surface area contributed by atoms with E-state index in [1.165, 1.54) is 20.4 Å². The molecule has 0 bridgehead atoms. The van der Waals surface area contributed by atoms with E-state index in [2.05, 4.69) is 36.5 Å². The lowest BCUT2D eigenvalue weighted by molar-refractivity contribution is -0.106. The minimum absolute atomic E-state index is 0.212. The van der Waals surface area contributed by atoms with Crippen molar-refractivity contribution in [3.63, 3.8) is 0 Å². The zero-order chi connectivity index (χ0) is 28.1. The summed E-state index contributed by atoms with van der Waals surface area (Å²) in [7, 11) is 3.05. The Kier molecular flexibility index (Phi) is 9.08. The smallest absolute Gasteiger partial charge is 0.274 e. The summed E-state index contributed by atoms with van der Waals surface area (Å²) in [4.78, 5) is 34.2. The minimum atomic E-state index is -0.570. The zero-order valence-corrected chi connectivity index (χ0v) is 24.1. The Morgan fingerprint density at radius 3 is 2.10 bits per heavy atom. The third-order valence-corrected chi connectivity index (χ3v) is 7.36. The van der Waals surface area contributed by atoms with Crippen molar-refractivity contribution >= 4 is 50.7 Å². The van der Waals surface area contributed by atoms with Gasteiger partial charge in [-0.3, -0.25) is 14.6 Å². The molecule has 2 N–H and O–H groups in total. The molecule has 0 aliphatic rings. The zero-order valence-electron chi connectivity index (χ0n) is 21.7. The maximum atomic E-state index is 12.9. The predicted molar refractivity (Wildman–Crippen MR) is 155 cm³/mol. The van der Waals surface area contributed by atoms with E-state index < -0.39 is 12.2 Å². The largest absolute Gasteiger partial charge is 0.352 e. The normalized spacial score (nSPS) is 10.9. The second kappa shape index (κ2) is 12.5. The molecule has 2 aromatic heterocycles. The number of anilines is 2. The van der Waals surface area contributed by atoms with Crippen molar-refractivity contribution in [2.45, 2.75) is 20.1 Å². The highest BCUT2D eigenvalue weighted by Crippen LogP contribution is 2.37. The first-order chi connectivity index (χ1) is 18.7. The molecule has 10 heteroatoms. The second-order valence-corrected chi connectivity index (χ2v) is 9.88. The van der Waals surface area contributed by atoms with Crippen molar-refractivity contribution < 1.29 is 19.1 Å². The van der Waals surface area contributed by atoms with Crippen LogP contribution in [0, 0.1) is 13.8 Å². The van der Waals surface area contributed by atoms with Gasteiger partial charge in [-0.1, -0.05) is 41.9 Å². The first kappa shape index (κ1) is 28.4. The summed E-state index contributed by atoms with van der Waals surface area (Å²) in [6.07, 6.45) is 2.56. The van der Waals surface area contributed by atoms with E-state index in [-0.39, 0.29) is 11.6 Å². The summed E-state index contributed by atoms with van der Waals surface area (Å²) in [5.41, 5.74) is 5.49. The van der Waals surface area contributed by atoms with Gasteiger partial charge in [-0.05, 0) is 70.7 Å². The number of ether oxygens (including phenoxy) is 2. The molecule has 0 aliphatic carbocycles. The van der Waals surface area contributed by atoms with Crippen LogP contribution in [0.2, 0.25) is 5.02 Å². The third-order valence-electron chi connectivity index (χ3n) is 6.12. The topological polar surface area (TPSA) is 102 Å². The van der Waals surface area contributed by atoms with Crippen molar-refractivity contribution in [1.82, 2.24) is 9.97 Å². The van der Waals surface area contributed by atoms with Gasteiger partial charge in [0.2, 0.25) is 0 Å². The number of rotatable bonds is 8. The van der Waals surface area contributed by atoms with E-state index >= 15 is 0 Å². The minimum Gasteiger partial charge on any atom is -0.352 e. The van der Waals surface area contributed by atoms with Crippen LogP contribution >= 0.6 is 27.5 Å². The molecule has 0 fully saturated rings. The van der Waals surface area contributed by atoms with Gasteiger partial charge in [0.05, 0.1) is 10.7 Å². The molecule has 0 radical (unpaired) electrons. The third kappa shape index (κ3) is 6.34. The molecule has 2 aromatic carbocycles. The van der Waals surface area contributed by atoms with Crippen LogP contribution < -0.4 is 10.6 Å². The van der Waals surface area contributed by atoms with E-state index in [0.717, 1.165) is 21.2 Å². The molecule has 2 heterocycles. The Hall–Kier alpha value is -3.63. The monoisotopic (exact) mass is 608 g/mol. The van der Waals surface area contributed by atoms with Gasteiger partial charge in [-0.25, -0.2) is 4.98 Å². The number of hydrogen-bond acceptors (Lipinski definition) is 6. The van der Waals surface area contributed by atoms with Crippen molar-refractivity contribution in [3.8, 4) is 11.1 Å². The number of nitrogens with one attached hydrogen (secondary N) is 2. The molecule has 0 spiro atoms. The van der Waals surface area contributed by atoms with Crippen LogP contribution in [0.1, 0.15) is 44.0 Å². The van der Waals surface area contributed by atoms with Gasteiger partial charge < -0.3 is 20.1 Å². The number of aryl methyl sites for hydroxylation is 1. The average Bonchev–Trinajstić information content (AvgIpc) is 2.93. The van der Waals surface area contributed by atoms with Gasteiger partial charge in [-0.15, -0.1) is 0 Å². The van der Waals surface area contributed by atoms with E-state index in [4.69, 9.17) is 21.1 Å². The maximum Gasteiger partial charge on any atom is 0.274 e. The number of pyridine rings is 2. The number of amides is 2. The van der Waals surface area contributed by atoms with Crippen LogP contribution in [0.4, 0.5) is 11.4 Å². The fraction of sp³-hybridized carbons (Fsp3) is 0.172. The van der Waals surface area contributed by atoms with E-state index in [0.29, 0.717) is 33.2 Å². The van der Waals surface area contributed by atoms with E-state index in [1.807, 2.05) is 38.1 Å². The number of carbonyl (C=O) groups excluding carboxylic acids is 2. The summed E-state index contributed by atoms with van der Waals surface area (Å²) in [5, 5.41) is 6.13. The molecule has 4 rings (SSSR count). The van der Waals surface area contributed by atoms with Crippen LogP contribution in [0.25, 0.3) is 11.1 Å². The van der Waals surface area contributed by atoms with Crippen LogP contribution in [0.15, 0.2) is 71.5 Å². The van der Waals surface area contributed by atoms with Crippen molar-refractivity contribution in [2.75, 3.05) is 24.9 Å². The van der Waals surface area contributed by atoms with Gasteiger partial charge >= 0.3 is 0 Å². The first-order valence-corrected chi connectivity index (χ1v) is 13.1. The Labute approximate surface area is 239 Å².